The summed E-state index contributed by atoms with van der Waals surface area (Å²) in [6.45, 7) is 1.88. The Bertz CT molecular complexity index is 1160. The van der Waals surface area contributed by atoms with Gasteiger partial charge in [0.1, 0.15) is 0 Å². The van der Waals surface area contributed by atoms with E-state index in [1.807, 2.05) is 30.1 Å². The molecule has 5 nitrogen and oxygen atoms in total. The van der Waals surface area contributed by atoms with Gasteiger partial charge in [0.05, 0.1) is 10.6 Å². The van der Waals surface area contributed by atoms with Crippen LogP contribution in [-0.2, 0) is 22.1 Å². The summed E-state index contributed by atoms with van der Waals surface area (Å²) in [5.41, 5.74) is 3.36. The Morgan fingerprint density at radius 1 is 0.900 bits per heavy atom. The zero-order valence-corrected chi connectivity index (χ0v) is 17.7. The molecule has 0 bridgehead atoms. The molecule has 1 aliphatic rings. The summed E-state index contributed by atoms with van der Waals surface area (Å²) in [7, 11) is -1.44. The van der Waals surface area contributed by atoms with Crippen LogP contribution < -0.4 is 4.90 Å². The predicted octanol–water partition coefficient (Wildman–Crippen LogP) is 3.75. The topological polar surface area (TPSA) is 57.7 Å². The van der Waals surface area contributed by atoms with Crippen molar-refractivity contribution in [2.45, 2.75) is 17.2 Å². The van der Waals surface area contributed by atoms with E-state index < -0.39 is 9.84 Å². The molecule has 4 rings (SSSR count). The lowest BCUT2D eigenvalue weighted by Gasteiger charge is -2.21. The lowest BCUT2D eigenvalue weighted by atomic mass is 10.1. The Balaban J connectivity index is 1.56. The molecule has 1 heterocycles. The Labute approximate surface area is 177 Å². The van der Waals surface area contributed by atoms with Crippen molar-refractivity contribution in [3.05, 3.63) is 95.6 Å². The Morgan fingerprint density at radius 3 is 2.43 bits per heavy atom. The fourth-order valence-corrected chi connectivity index (χ4v) is 5.13. The molecule has 6 heteroatoms. The van der Waals surface area contributed by atoms with Crippen molar-refractivity contribution in [1.82, 2.24) is 4.90 Å². The molecule has 0 unspecified atom stereocenters. The summed E-state index contributed by atoms with van der Waals surface area (Å²) >= 11 is 0. The lowest BCUT2D eigenvalue weighted by molar-refractivity contribution is 0.0751. The van der Waals surface area contributed by atoms with Gasteiger partial charge in [0.25, 0.3) is 5.91 Å². The van der Waals surface area contributed by atoms with Crippen LogP contribution in [0, 0.1) is 0 Å². The first-order valence-corrected chi connectivity index (χ1v) is 11.5. The van der Waals surface area contributed by atoms with Crippen LogP contribution in [0.25, 0.3) is 0 Å². The largest absolute Gasteiger partial charge is 0.373 e. The van der Waals surface area contributed by atoms with Gasteiger partial charge in [-0.25, -0.2) is 8.42 Å². The Kier molecular flexibility index (Phi) is 5.59. The van der Waals surface area contributed by atoms with Gasteiger partial charge in [-0.05, 0) is 41.5 Å². The standard InChI is InChI=1S/C24H24N2O3S/c1-25-14-15-26(17-21-9-5-6-13-23(21)25)24(27)20-10-7-8-19(16-20)18-30(28,29)22-11-3-2-4-12-22/h2-13,16H,14-15,17-18H2,1H3. The second-order valence-electron chi connectivity index (χ2n) is 7.55. The monoisotopic (exact) mass is 420 g/mol. The van der Waals surface area contributed by atoms with Gasteiger partial charge in [0.15, 0.2) is 9.84 Å². The molecular formula is C24H24N2O3S. The van der Waals surface area contributed by atoms with Gasteiger partial charge in [0, 0.05) is 37.9 Å². The molecule has 0 saturated carbocycles. The number of likely N-dealkylation sites (N-methyl/N-ethyl adjacent to an activating group) is 1. The van der Waals surface area contributed by atoms with E-state index in [2.05, 4.69) is 11.0 Å². The zero-order valence-electron chi connectivity index (χ0n) is 16.9. The SMILES string of the molecule is CN1CCN(C(=O)c2cccc(CS(=O)(=O)c3ccccc3)c2)Cc2ccccc21. The molecule has 0 aromatic heterocycles. The van der Waals surface area contributed by atoms with Crippen LogP contribution in [0.3, 0.4) is 0 Å². The number of amides is 1. The molecule has 0 radical (unpaired) electrons. The number of nitrogens with zero attached hydrogens (tertiary/aromatic N) is 2. The van der Waals surface area contributed by atoms with Gasteiger partial charge < -0.3 is 9.80 Å². The smallest absolute Gasteiger partial charge is 0.254 e. The second kappa shape index (κ2) is 8.32. The number of carbonyl (C=O) groups excluding carboxylic acids is 1. The fourth-order valence-electron chi connectivity index (χ4n) is 3.77. The van der Waals surface area contributed by atoms with Crippen molar-refractivity contribution in [3.8, 4) is 0 Å². The van der Waals surface area contributed by atoms with E-state index in [9.17, 15) is 13.2 Å². The van der Waals surface area contributed by atoms with Crippen molar-refractivity contribution >= 4 is 21.4 Å². The summed E-state index contributed by atoms with van der Waals surface area (Å²) in [5, 5.41) is 0. The molecule has 0 atom stereocenters. The molecule has 1 amide bonds. The van der Waals surface area contributed by atoms with Gasteiger partial charge in [0.2, 0.25) is 0 Å². The molecule has 154 valence electrons. The van der Waals surface area contributed by atoms with Crippen molar-refractivity contribution in [3.63, 3.8) is 0 Å². The minimum atomic E-state index is -3.47. The number of hydrogen-bond acceptors (Lipinski definition) is 4. The van der Waals surface area contributed by atoms with Crippen molar-refractivity contribution in [2.75, 3.05) is 25.0 Å². The third-order valence-corrected chi connectivity index (χ3v) is 7.09. The Morgan fingerprint density at radius 2 is 1.63 bits per heavy atom. The third-order valence-electron chi connectivity index (χ3n) is 5.39. The highest BCUT2D eigenvalue weighted by atomic mass is 32.2. The minimum Gasteiger partial charge on any atom is -0.373 e. The van der Waals surface area contributed by atoms with E-state index in [0.717, 1.165) is 17.8 Å². The van der Waals surface area contributed by atoms with Gasteiger partial charge in [-0.3, -0.25) is 4.79 Å². The maximum absolute atomic E-state index is 13.2. The molecule has 0 spiro atoms. The van der Waals surface area contributed by atoms with Gasteiger partial charge >= 0.3 is 0 Å². The molecule has 0 aliphatic carbocycles. The van der Waals surface area contributed by atoms with Crippen molar-refractivity contribution in [1.29, 1.82) is 0 Å². The average molecular weight is 421 g/mol. The number of benzene rings is 3. The van der Waals surface area contributed by atoms with Gasteiger partial charge in [-0.15, -0.1) is 0 Å². The molecule has 0 saturated heterocycles. The summed E-state index contributed by atoms with van der Waals surface area (Å²) in [5.74, 6) is -0.219. The first-order chi connectivity index (χ1) is 14.4. The van der Waals surface area contributed by atoms with Crippen LogP contribution in [0.15, 0.2) is 83.8 Å². The average Bonchev–Trinajstić information content (AvgIpc) is 2.93. The van der Waals surface area contributed by atoms with E-state index in [1.54, 1.807) is 54.6 Å². The summed E-state index contributed by atoms with van der Waals surface area (Å²) < 4.78 is 25.4. The maximum atomic E-state index is 13.2. The maximum Gasteiger partial charge on any atom is 0.254 e. The summed E-state index contributed by atoms with van der Waals surface area (Å²) in [4.78, 5) is 17.5. The summed E-state index contributed by atoms with van der Waals surface area (Å²) in [6, 6.07) is 23.4. The number of para-hydroxylation sites is 1. The predicted molar refractivity (Wildman–Crippen MR) is 118 cm³/mol. The number of anilines is 1. The Hall–Kier alpha value is -3.12. The van der Waals surface area contributed by atoms with Crippen LogP contribution in [0.5, 0.6) is 0 Å². The van der Waals surface area contributed by atoms with Crippen LogP contribution >= 0.6 is 0 Å². The van der Waals surface area contributed by atoms with E-state index in [0.29, 0.717) is 24.2 Å². The molecule has 1 aliphatic heterocycles. The third kappa shape index (κ3) is 4.24. The van der Waals surface area contributed by atoms with Gasteiger partial charge in [-0.1, -0.05) is 48.5 Å². The van der Waals surface area contributed by atoms with Crippen LogP contribution in [0.1, 0.15) is 21.5 Å². The van der Waals surface area contributed by atoms with Gasteiger partial charge in [-0.2, -0.15) is 0 Å². The normalized spacial score (nSPS) is 14.2. The van der Waals surface area contributed by atoms with Crippen molar-refractivity contribution in [2.24, 2.45) is 0 Å². The van der Waals surface area contributed by atoms with Crippen LogP contribution in [0.2, 0.25) is 0 Å². The number of carbonyl (C=O) groups is 1. The number of hydrogen-bond donors (Lipinski definition) is 0. The molecule has 0 fully saturated rings. The zero-order chi connectivity index (χ0) is 21.1. The summed E-state index contributed by atoms with van der Waals surface area (Å²) in [6.07, 6.45) is 0. The van der Waals surface area contributed by atoms with Crippen LogP contribution in [-0.4, -0.2) is 39.4 Å². The first kappa shape index (κ1) is 20.2. The first-order valence-electron chi connectivity index (χ1n) is 9.89. The lowest BCUT2D eigenvalue weighted by Crippen LogP contribution is -2.34. The van der Waals surface area contributed by atoms with Crippen LogP contribution in [0.4, 0.5) is 5.69 Å². The quantitative estimate of drug-likeness (QED) is 0.645. The molecule has 0 N–H and O–H groups in total. The molecule has 3 aromatic rings. The molecule has 3 aromatic carbocycles. The van der Waals surface area contributed by atoms with E-state index in [4.69, 9.17) is 0 Å². The molecule has 30 heavy (non-hydrogen) atoms. The minimum absolute atomic E-state index is 0.0842. The van der Waals surface area contributed by atoms with E-state index in [1.165, 1.54) is 0 Å². The van der Waals surface area contributed by atoms with Crippen molar-refractivity contribution < 1.29 is 13.2 Å². The number of rotatable bonds is 4. The highest BCUT2D eigenvalue weighted by Gasteiger charge is 2.23. The highest BCUT2D eigenvalue weighted by Crippen LogP contribution is 2.25. The number of sulfone groups is 1. The number of fused-ring (bicyclic) bond motifs is 1. The highest BCUT2D eigenvalue weighted by molar-refractivity contribution is 7.90. The molecular weight excluding hydrogens is 396 g/mol. The van der Waals surface area contributed by atoms with E-state index >= 15 is 0 Å². The van der Waals surface area contributed by atoms with E-state index in [-0.39, 0.29) is 16.6 Å². The fraction of sp³-hybridized carbons (Fsp3) is 0.208. The second-order valence-corrected chi connectivity index (χ2v) is 9.54.